The fourth-order valence-electron chi connectivity index (χ4n) is 2.56. The molecular formula is C15H23NO3. The summed E-state index contributed by atoms with van der Waals surface area (Å²) in [6, 6.07) is 8.00. The largest absolute Gasteiger partial charge is 0.497 e. The van der Waals surface area contributed by atoms with Crippen LogP contribution < -0.4 is 10.1 Å². The molecule has 1 fully saturated rings. The minimum Gasteiger partial charge on any atom is -0.497 e. The lowest BCUT2D eigenvalue weighted by Gasteiger charge is -2.17. The van der Waals surface area contributed by atoms with Crippen molar-refractivity contribution in [3.05, 3.63) is 29.8 Å². The molecule has 0 spiro atoms. The molecule has 1 saturated carbocycles. The first-order valence-electron chi connectivity index (χ1n) is 6.81. The van der Waals surface area contributed by atoms with Crippen LogP contribution in [0.25, 0.3) is 0 Å². The van der Waals surface area contributed by atoms with Crippen LogP contribution in [-0.2, 0) is 4.74 Å². The average Bonchev–Trinajstić information content (AvgIpc) is 2.93. The van der Waals surface area contributed by atoms with Crippen molar-refractivity contribution < 1.29 is 14.6 Å². The fraction of sp³-hybridized carbons (Fsp3) is 0.600. The van der Waals surface area contributed by atoms with Gasteiger partial charge in [-0.2, -0.15) is 0 Å². The Labute approximate surface area is 114 Å². The van der Waals surface area contributed by atoms with E-state index in [-0.39, 0.29) is 0 Å². The first-order valence-corrected chi connectivity index (χ1v) is 6.81. The van der Waals surface area contributed by atoms with Gasteiger partial charge in [0.15, 0.2) is 0 Å². The zero-order valence-electron chi connectivity index (χ0n) is 11.6. The van der Waals surface area contributed by atoms with Gasteiger partial charge in [0.25, 0.3) is 0 Å². The van der Waals surface area contributed by atoms with Gasteiger partial charge in [0.05, 0.1) is 19.3 Å². The van der Waals surface area contributed by atoms with E-state index in [2.05, 4.69) is 5.32 Å². The van der Waals surface area contributed by atoms with E-state index in [1.54, 1.807) is 14.2 Å². The number of nitrogens with one attached hydrogen (secondary N) is 1. The molecule has 3 atom stereocenters. The number of benzene rings is 1. The van der Waals surface area contributed by atoms with Gasteiger partial charge in [0.2, 0.25) is 0 Å². The maximum atomic E-state index is 10.1. The summed E-state index contributed by atoms with van der Waals surface area (Å²) < 4.78 is 10.4. The standard InChI is InChI=1S/C15H23NO3/c1-18-13-6-3-11(4-7-13)15(17)10-16-12-5-8-14(9-12)19-2/h3-4,6-7,12,14-17H,5,8-10H2,1-2H3. The molecule has 0 saturated heterocycles. The van der Waals surface area contributed by atoms with Crippen LogP contribution in [-0.4, -0.2) is 38.0 Å². The first-order chi connectivity index (χ1) is 9.22. The maximum absolute atomic E-state index is 10.1. The summed E-state index contributed by atoms with van der Waals surface area (Å²) >= 11 is 0. The molecule has 1 aliphatic rings. The second-order valence-electron chi connectivity index (χ2n) is 5.06. The van der Waals surface area contributed by atoms with Crippen LogP contribution in [0.2, 0.25) is 0 Å². The number of ether oxygens (including phenoxy) is 2. The first kappa shape index (κ1) is 14.3. The third kappa shape index (κ3) is 3.93. The molecule has 2 rings (SSSR count). The molecule has 0 aromatic heterocycles. The molecule has 4 heteroatoms. The van der Waals surface area contributed by atoms with E-state index in [4.69, 9.17) is 9.47 Å². The highest BCUT2D eigenvalue weighted by Crippen LogP contribution is 2.22. The zero-order chi connectivity index (χ0) is 13.7. The van der Waals surface area contributed by atoms with Crippen molar-refractivity contribution >= 4 is 0 Å². The summed E-state index contributed by atoms with van der Waals surface area (Å²) in [5.41, 5.74) is 0.912. The highest BCUT2D eigenvalue weighted by molar-refractivity contribution is 5.28. The summed E-state index contributed by atoms with van der Waals surface area (Å²) in [6.07, 6.45) is 3.15. The number of aliphatic hydroxyl groups is 1. The smallest absolute Gasteiger partial charge is 0.118 e. The third-order valence-electron chi connectivity index (χ3n) is 3.82. The molecule has 19 heavy (non-hydrogen) atoms. The minimum absolute atomic E-state index is 0.371. The Morgan fingerprint density at radius 1 is 1.26 bits per heavy atom. The van der Waals surface area contributed by atoms with Gasteiger partial charge in [-0.1, -0.05) is 12.1 Å². The highest BCUT2D eigenvalue weighted by Gasteiger charge is 2.24. The Morgan fingerprint density at radius 3 is 2.58 bits per heavy atom. The van der Waals surface area contributed by atoms with Gasteiger partial charge in [-0.05, 0) is 37.0 Å². The molecule has 106 valence electrons. The van der Waals surface area contributed by atoms with Gasteiger partial charge in [-0.3, -0.25) is 0 Å². The summed E-state index contributed by atoms with van der Waals surface area (Å²) in [7, 11) is 3.40. The van der Waals surface area contributed by atoms with Crippen molar-refractivity contribution in [2.45, 2.75) is 37.5 Å². The van der Waals surface area contributed by atoms with Gasteiger partial charge in [-0.25, -0.2) is 0 Å². The maximum Gasteiger partial charge on any atom is 0.118 e. The van der Waals surface area contributed by atoms with E-state index in [0.717, 1.165) is 30.6 Å². The summed E-state index contributed by atoms with van der Waals surface area (Å²) in [5, 5.41) is 13.5. The molecule has 4 nitrogen and oxygen atoms in total. The monoisotopic (exact) mass is 265 g/mol. The zero-order valence-corrected chi connectivity index (χ0v) is 11.6. The van der Waals surface area contributed by atoms with Crippen LogP contribution in [0.4, 0.5) is 0 Å². The number of methoxy groups -OCH3 is 2. The van der Waals surface area contributed by atoms with Crippen molar-refractivity contribution in [2.75, 3.05) is 20.8 Å². The van der Waals surface area contributed by atoms with E-state index in [9.17, 15) is 5.11 Å². The van der Waals surface area contributed by atoms with Crippen LogP contribution >= 0.6 is 0 Å². The topological polar surface area (TPSA) is 50.7 Å². The Balaban J connectivity index is 1.79. The quantitative estimate of drug-likeness (QED) is 0.824. The van der Waals surface area contributed by atoms with E-state index >= 15 is 0 Å². The van der Waals surface area contributed by atoms with Crippen LogP contribution in [0.15, 0.2) is 24.3 Å². The predicted molar refractivity (Wildman–Crippen MR) is 74.4 cm³/mol. The van der Waals surface area contributed by atoms with Crippen LogP contribution in [0, 0.1) is 0 Å². The van der Waals surface area contributed by atoms with Crippen molar-refractivity contribution in [1.29, 1.82) is 0 Å². The SMILES string of the molecule is COc1ccc(C(O)CNC2CCC(OC)C2)cc1. The molecule has 0 bridgehead atoms. The molecule has 0 heterocycles. The van der Waals surface area contributed by atoms with Crippen LogP contribution in [0.1, 0.15) is 30.9 Å². The van der Waals surface area contributed by atoms with Gasteiger partial charge in [0, 0.05) is 19.7 Å². The molecule has 2 N–H and O–H groups in total. The van der Waals surface area contributed by atoms with Gasteiger partial charge < -0.3 is 19.9 Å². The van der Waals surface area contributed by atoms with Crippen molar-refractivity contribution in [3.8, 4) is 5.75 Å². The lowest BCUT2D eigenvalue weighted by Crippen LogP contribution is -2.31. The number of rotatable bonds is 6. The lowest BCUT2D eigenvalue weighted by molar-refractivity contribution is 0.105. The molecule has 1 aliphatic carbocycles. The molecular weight excluding hydrogens is 242 g/mol. The van der Waals surface area contributed by atoms with Crippen molar-refractivity contribution in [2.24, 2.45) is 0 Å². The molecule has 1 aromatic carbocycles. The van der Waals surface area contributed by atoms with E-state index in [1.807, 2.05) is 24.3 Å². The second kappa shape index (κ2) is 6.89. The summed E-state index contributed by atoms with van der Waals surface area (Å²) in [6.45, 7) is 0.577. The van der Waals surface area contributed by atoms with Crippen LogP contribution in [0.5, 0.6) is 5.75 Å². The molecule has 0 aliphatic heterocycles. The van der Waals surface area contributed by atoms with Crippen molar-refractivity contribution in [3.63, 3.8) is 0 Å². The molecule has 0 amide bonds. The van der Waals surface area contributed by atoms with Gasteiger partial charge in [0.1, 0.15) is 5.75 Å². The number of hydrogen-bond acceptors (Lipinski definition) is 4. The van der Waals surface area contributed by atoms with Gasteiger partial charge in [-0.15, -0.1) is 0 Å². The minimum atomic E-state index is -0.479. The summed E-state index contributed by atoms with van der Waals surface area (Å²) in [4.78, 5) is 0. The van der Waals surface area contributed by atoms with E-state index in [0.29, 0.717) is 18.7 Å². The summed E-state index contributed by atoms with van der Waals surface area (Å²) in [5.74, 6) is 0.808. The number of aliphatic hydroxyl groups excluding tert-OH is 1. The Morgan fingerprint density at radius 2 is 2.00 bits per heavy atom. The predicted octanol–water partition coefficient (Wildman–Crippen LogP) is 1.89. The molecule has 0 radical (unpaired) electrons. The van der Waals surface area contributed by atoms with E-state index in [1.165, 1.54) is 0 Å². The Hall–Kier alpha value is -1.10. The van der Waals surface area contributed by atoms with E-state index < -0.39 is 6.10 Å². The third-order valence-corrected chi connectivity index (χ3v) is 3.82. The van der Waals surface area contributed by atoms with Crippen molar-refractivity contribution in [1.82, 2.24) is 5.32 Å². The second-order valence-corrected chi connectivity index (χ2v) is 5.06. The Bertz CT molecular complexity index is 379. The molecule has 1 aromatic rings. The number of hydrogen-bond donors (Lipinski definition) is 2. The highest BCUT2D eigenvalue weighted by atomic mass is 16.5. The lowest BCUT2D eigenvalue weighted by atomic mass is 10.1. The molecule has 3 unspecified atom stereocenters. The average molecular weight is 265 g/mol. The Kier molecular flexibility index (Phi) is 5.19. The van der Waals surface area contributed by atoms with Gasteiger partial charge >= 0.3 is 0 Å². The fourth-order valence-corrected chi connectivity index (χ4v) is 2.56. The van der Waals surface area contributed by atoms with Crippen LogP contribution in [0.3, 0.4) is 0 Å². The normalized spacial score (nSPS) is 24.4.